The number of amides is 2. The van der Waals surface area contributed by atoms with Gasteiger partial charge in [0, 0.05) is 43.8 Å². The molecular formula is C19H30N2O4S. The van der Waals surface area contributed by atoms with Crippen LogP contribution in [0.25, 0.3) is 0 Å². The number of thioether (sulfide) groups is 1. The first-order chi connectivity index (χ1) is 12.1. The van der Waals surface area contributed by atoms with Gasteiger partial charge in [0.1, 0.15) is 5.60 Å². The maximum absolute atomic E-state index is 12.6. The number of fused-ring (bicyclic) bond motifs is 2. The molecule has 0 aromatic rings. The zero-order chi connectivity index (χ0) is 19.1. The Morgan fingerprint density at radius 3 is 2.31 bits per heavy atom. The lowest BCUT2D eigenvalue weighted by Gasteiger charge is -2.42. The van der Waals surface area contributed by atoms with Gasteiger partial charge in [0.25, 0.3) is 0 Å². The van der Waals surface area contributed by atoms with Gasteiger partial charge in [-0.15, -0.1) is 0 Å². The lowest BCUT2D eigenvalue weighted by molar-refractivity contribution is -0.131. The Kier molecular flexibility index (Phi) is 5.56. The average molecular weight is 383 g/mol. The summed E-state index contributed by atoms with van der Waals surface area (Å²) in [6.45, 7) is 7.99. The minimum atomic E-state index is -0.486. The van der Waals surface area contributed by atoms with Crippen LogP contribution in [0.5, 0.6) is 0 Å². The first-order valence-electron chi connectivity index (χ1n) is 9.58. The summed E-state index contributed by atoms with van der Waals surface area (Å²) in [6.07, 6.45) is 3.99. The van der Waals surface area contributed by atoms with E-state index in [0.29, 0.717) is 6.42 Å². The van der Waals surface area contributed by atoms with Gasteiger partial charge in [0.15, 0.2) is 5.12 Å². The molecule has 3 heterocycles. The molecule has 0 aromatic heterocycles. The van der Waals surface area contributed by atoms with E-state index in [-0.39, 0.29) is 41.2 Å². The molecule has 2 bridgehead atoms. The third-order valence-electron chi connectivity index (χ3n) is 5.51. The molecule has 3 fully saturated rings. The first-order valence-corrected chi connectivity index (χ1v) is 10.6. The summed E-state index contributed by atoms with van der Waals surface area (Å²) in [5.74, 6) is 1.19. The van der Waals surface area contributed by atoms with E-state index < -0.39 is 5.60 Å². The molecule has 3 rings (SSSR count). The number of carbonyl (C=O) groups is 3. The fourth-order valence-electron chi connectivity index (χ4n) is 4.52. The summed E-state index contributed by atoms with van der Waals surface area (Å²) in [5, 5.41) is 0.111. The summed E-state index contributed by atoms with van der Waals surface area (Å²) in [5.41, 5.74) is -0.486. The number of ether oxygens (including phenoxy) is 1. The minimum absolute atomic E-state index is 0.111. The van der Waals surface area contributed by atoms with E-state index in [4.69, 9.17) is 4.74 Å². The lowest BCUT2D eigenvalue weighted by Crippen LogP contribution is -2.53. The number of hydrogen-bond acceptors (Lipinski definition) is 5. The molecule has 0 radical (unpaired) electrons. The van der Waals surface area contributed by atoms with E-state index in [1.807, 2.05) is 30.6 Å². The van der Waals surface area contributed by atoms with Crippen LogP contribution >= 0.6 is 11.8 Å². The van der Waals surface area contributed by atoms with Crippen LogP contribution in [0.2, 0.25) is 0 Å². The summed E-state index contributed by atoms with van der Waals surface area (Å²) in [6, 6.07) is 0.560. The van der Waals surface area contributed by atoms with Gasteiger partial charge >= 0.3 is 6.09 Å². The Morgan fingerprint density at radius 1 is 1.15 bits per heavy atom. The van der Waals surface area contributed by atoms with E-state index >= 15 is 0 Å². The summed E-state index contributed by atoms with van der Waals surface area (Å²) < 4.78 is 5.58. The standard InChI is InChI=1S/C19H30N2O4S/c1-12(22)26-11-13-7-17(23)20(10-13)16-8-14-5-6-15(9-16)21(14)18(24)25-19(2,3)4/h13-16H,5-11H2,1-4H3/t13?,14-,15+,16?. The van der Waals surface area contributed by atoms with Crippen LogP contribution in [-0.4, -0.2) is 62.9 Å². The van der Waals surface area contributed by atoms with Gasteiger partial charge < -0.3 is 14.5 Å². The Morgan fingerprint density at radius 2 is 1.77 bits per heavy atom. The molecule has 3 saturated heterocycles. The zero-order valence-corrected chi connectivity index (χ0v) is 17.0. The first kappa shape index (κ1) is 19.5. The smallest absolute Gasteiger partial charge is 0.410 e. The number of nitrogens with zero attached hydrogens (tertiary/aromatic N) is 2. The van der Waals surface area contributed by atoms with Crippen molar-refractivity contribution in [3.8, 4) is 0 Å². The van der Waals surface area contributed by atoms with E-state index in [1.54, 1.807) is 6.92 Å². The molecule has 7 heteroatoms. The molecule has 3 aliphatic heterocycles. The Labute approximate surface area is 160 Å². The maximum Gasteiger partial charge on any atom is 0.410 e. The third kappa shape index (κ3) is 4.35. The highest BCUT2D eigenvalue weighted by molar-refractivity contribution is 8.13. The number of rotatable bonds is 3. The molecule has 6 nitrogen and oxygen atoms in total. The highest BCUT2D eigenvalue weighted by atomic mass is 32.2. The van der Waals surface area contributed by atoms with Crippen molar-refractivity contribution in [2.45, 2.75) is 83.5 Å². The predicted octanol–water partition coefficient (Wildman–Crippen LogP) is 3.05. The fraction of sp³-hybridized carbons (Fsp3) is 0.842. The van der Waals surface area contributed by atoms with E-state index in [0.717, 1.165) is 38.0 Å². The van der Waals surface area contributed by atoms with Crippen LogP contribution in [-0.2, 0) is 14.3 Å². The monoisotopic (exact) mass is 382 g/mol. The van der Waals surface area contributed by atoms with Crippen molar-refractivity contribution in [3.05, 3.63) is 0 Å². The molecule has 0 aliphatic carbocycles. The Hall–Kier alpha value is -1.24. The second-order valence-electron chi connectivity index (χ2n) is 8.82. The van der Waals surface area contributed by atoms with Crippen LogP contribution in [0, 0.1) is 5.92 Å². The van der Waals surface area contributed by atoms with Crippen molar-refractivity contribution in [2.24, 2.45) is 5.92 Å². The molecule has 2 unspecified atom stereocenters. The van der Waals surface area contributed by atoms with Gasteiger partial charge in [0.2, 0.25) is 5.91 Å². The van der Waals surface area contributed by atoms with Crippen molar-refractivity contribution < 1.29 is 19.1 Å². The second-order valence-corrected chi connectivity index (χ2v) is 10.0. The molecule has 146 valence electrons. The van der Waals surface area contributed by atoms with Crippen molar-refractivity contribution in [1.29, 1.82) is 0 Å². The predicted molar refractivity (Wildman–Crippen MR) is 101 cm³/mol. The van der Waals surface area contributed by atoms with Gasteiger partial charge in [-0.1, -0.05) is 11.8 Å². The summed E-state index contributed by atoms with van der Waals surface area (Å²) >= 11 is 1.32. The second kappa shape index (κ2) is 7.41. The topological polar surface area (TPSA) is 66.9 Å². The molecule has 0 saturated carbocycles. The molecule has 2 amide bonds. The van der Waals surface area contributed by atoms with Gasteiger partial charge in [-0.25, -0.2) is 4.79 Å². The molecule has 0 spiro atoms. The lowest BCUT2D eigenvalue weighted by atomic mass is 9.96. The number of carbonyl (C=O) groups excluding carboxylic acids is 3. The third-order valence-corrected chi connectivity index (χ3v) is 6.56. The average Bonchev–Trinajstić information content (AvgIpc) is 3.01. The molecule has 0 N–H and O–H groups in total. The SMILES string of the molecule is CC(=O)SCC1CC(=O)N(C2C[C@H]3CC[C@@H](C2)N3C(=O)OC(C)(C)C)C1. The van der Waals surface area contributed by atoms with Crippen molar-refractivity contribution in [3.63, 3.8) is 0 Å². The van der Waals surface area contributed by atoms with Crippen molar-refractivity contribution in [2.75, 3.05) is 12.3 Å². The van der Waals surface area contributed by atoms with Gasteiger partial charge in [-0.3, -0.25) is 9.59 Å². The van der Waals surface area contributed by atoms with E-state index in [1.165, 1.54) is 11.8 Å². The largest absolute Gasteiger partial charge is 0.444 e. The summed E-state index contributed by atoms with van der Waals surface area (Å²) in [7, 11) is 0. The van der Waals surface area contributed by atoms with Gasteiger partial charge in [0.05, 0.1) is 0 Å². The van der Waals surface area contributed by atoms with Crippen molar-refractivity contribution >= 4 is 28.9 Å². The molecule has 0 aromatic carbocycles. The number of likely N-dealkylation sites (tertiary alicyclic amines) is 1. The molecular weight excluding hydrogens is 352 g/mol. The van der Waals surface area contributed by atoms with Crippen LogP contribution in [0.1, 0.15) is 59.8 Å². The van der Waals surface area contributed by atoms with E-state index in [9.17, 15) is 14.4 Å². The quantitative estimate of drug-likeness (QED) is 0.750. The van der Waals surface area contributed by atoms with Crippen LogP contribution in [0.15, 0.2) is 0 Å². The highest BCUT2D eigenvalue weighted by Gasteiger charge is 2.48. The van der Waals surface area contributed by atoms with Gasteiger partial charge in [-0.2, -0.15) is 0 Å². The van der Waals surface area contributed by atoms with Crippen LogP contribution in [0.4, 0.5) is 4.79 Å². The number of piperidine rings is 1. The summed E-state index contributed by atoms with van der Waals surface area (Å²) in [4.78, 5) is 40.2. The molecule has 4 atom stereocenters. The Balaban J connectivity index is 1.59. The minimum Gasteiger partial charge on any atom is -0.444 e. The van der Waals surface area contributed by atoms with Gasteiger partial charge in [-0.05, 0) is 52.4 Å². The normalized spacial score (nSPS) is 31.5. The molecule has 26 heavy (non-hydrogen) atoms. The fourth-order valence-corrected chi connectivity index (χ4v) is 5.22. The zero-order valence-electron chi connectivity index (χ0n) is 16.2. The Bertz CT molecular complexity index is 575. The number of hydrogen-bond donors (Lipinski definition) is 0. The van der Waals surface area contributed by atoms with Crippen molar-refractivity contribution in [1.82, 2.24) is 9.80 Å². The van der Waals surface area contributed by atoms with Crippen LogP contribution < -0.4 is 0 Å². The molecule has 3 aliphatic rings. The van der Waals surface area contributed by atoms with Crippen LogP contribution in [0.3, 0.4) is 0 Å². The maximum atomic E-state index is 12.6. The highest BCUT2D eigenvalue weighted by Crippen LogP contribution is 2.40. The van der Waals surface area contributed by atoms with E-state index in [2.05, 4.69) is 0 Å².